The molecule has 0 fully saturated rings. The molecule has 0 atom stereocenters. The van der Waals surface area contributed by atoms with Crippen LogP contribution in [0.25, 0.3) is 22.7 Å². The Bertz CT molecular complexity index is 1530. The van der Waals surface area contributed by atoms with Gasteiger partial charge in [-0.25, -0.2) is 19.2 Å². The Morgan fingerprint density at radius 1 is 1.14 bits per heavy atom. The van der Waals surface area contributed by atoms with Crippen molar-refractivity contribution < 1.29 is 14.3 Å². The molecule has 0 aliphatic carbocycles. The first-order valence-electron chi connectivity index (χ1n) is 11.3. The van der Waals surface area contributed by atoms with Gasteiger partial charge in [-0.05, 0) is 62.2 Å². The van der Waals surface area contributed by atoms with Crippen molar-refractivity contribution in [2.45, 2.75) is 26.7 Å². The molecule has 0 aliphatic heterocycles. The molecule has 0 saturated carbocycles. The summed E-state index contributed by atoms with van der Waals surface area (Å²) in [5.74, 6) is -0.464. The maximum absolute atomic E-state index is 13.6. The Balaban J connectivity index is 1.63. The molecule has 2 aromatic carbocycles. The minimum atomic E-state index is -1.09. The number of hydrogen-bond donors (Lipinski definition) is 3. The molecule has 0 radical (unpaired) electrons. The van der Waals surface area contributed by atoms with Gasteiger partial charge in [0.25, 0.3) is 5.56 Å². The number of nitrogens with zero attached hydrogens (tertiary/aromatic N) is 4. The molecular formula is C26H25FN6O3. The fourth-order valence-corrected chi connectivity index (χ4v) is 4.01. The summed E-state index contributed by atoms with van der Waals surface area (Å²) >= 11 is 0. The Labute approximate surface area is 206 Å². The van der Waals surface area contributed by atoms with E-state index in [4.69, 9.17) is 15.8 Å². The summed E-state index contributed by atoms with van der Waals surface area (Å²) in [5, 5.41) is 12.7. The number of halogens is 1. The van der Waals surface area contributed by atoms with E-state index in [2.05, 4.69) is 15.3 Å². The number of benzene rings is 2. The van der Waals surface area contributed by atoms with Crippen molar-refractivity contribution in [2.24, 2.45) is 0 Å². The molecule has 36 heavy (non-hydrogen) atoms. The Kier molecular flexibility index (Phi) is 7.05. The number of carboxylic acids is 1. The highest BCUT2D eigenvalue weighted by molar-refractivity contribution is 5.87. The van der Waals surface area contributed by atoms with Gasteiger partial charge in [0.05, 0.1) is 22.3 Å². The summed E-state index contributed by atoms with van der Waals surface area (Å²) in [6.07, 6.45) is 3.42. The Morgan fingerprint density at radius 2 is 1.89 bits per heavy atom. The lowest BCUT2D eigenvalue weighted by Crippen LogP contribution is -2.25. The van der Waals surface area contributed by atoms with Crippen LogP contribution in [-0.2, 0) is 11.2 Å². The SMILES string of the molecule is Cc1nc(N)nc(NCCCc2nc3cccc(C)c3c(=O)n2-c2ccc(F)cc2)c1C=CC(=O)O. The second-order valence-electron chi connectivity index (χ2n) is 8.25. The van der Waals surface area contributed by atoms with E-state index in [-0.39, 0.29) is 11.5 Å². The monoisotopic (exact) mass is 488 g/mol. The van der Waals surface area contributed by atoms with Crippen LogP contribution in [0.15, 0.2) is 53.3 Å². The van der Waals surface area contributed by atoms with Crippen LogP contribution in [-0.4, -0.2) is 37.1 Å². The fourth-order valence-electron chi connectivity index (χ4n) is 4.01. The molecule has 9 nitrogen and oxygen atoms in total. The largest absolute Gasteiger partial charge is 0.478 e. The highest BCUT2D eigenvalue weighted by Crippen LogP contribution is 2.20. The molecule has 2 heterocycles. The van der Waals surface area contributed by atoms with Gasteiger partial charge < -0.3 is 16.2 Å². The van der Waals surface area contributed by atoms with Crippen LogP contribution in [0.3, 0.4) is 0 Å². The van der Waals surface area contributed by atoms with Crippen LogP contribution >= 0.6 is 0 Å². The minimum absolute atomic E-state index is 0.0687. The second-order valence-corrected chi connectivity index (χ2v) is 8.25. The van der Waals surface area contributed by atoms with Crippen molar-refractivity contribution in [1.82, 2.24) is 19.5 Å². The first kappa shape index (κ1) is 24.5. The van der Waals surface area contributed by atoms with E-state index in [1.54, 1.807) is 25.1 Å². The number of nitrogens with two attached hydrogens (primary N) is 1. The molecule has 4 N–H and O–H groups in total. The molecule has 0 bridgehead atoms. The normalized spacial score (nSPS) is 11.3. The average molecular weight is 489 g/mol. The molecule has 10 heteroatoms. The van der Waals surface area contributed by atoms with Crippen LogP contribution in [0, 0.1) is 19.7 Å². The summed E-state index contributed by atoms with van der Waals surface area (Å²) in [6, 6.07) is 11.2. The molecular weight excluding hydrogens is 463 g/mol. The van der Waals surface area contributed by atoms with E-state index in [1.807, 2.05) is 19.1 Å². The zero-order chi connectivity index (χ0) is 25.8. The number of carbonyl (C=O) groups is 1. The second kappa shape index (κ2) is 10.3. The smallest absolute Gasteiger partial charge is 0.328 e. The van der Waals surface area contributed by atoms with E-state index < -0.39 is 11.8 Å². The number of aryl methyl sites for hydroxylation is 3. The summed E-state index contributed by atoms with van der Waals surface area (Å²) in [4.78, 5) is 37.5. The fraction of sp³-hybridized carbons (Fsp3) is 0.192. The third kappa shape index (κ3) is 5.22. The van der Waals surface area contributed by atoms with Gasteiger partial charge in [-0.3, -0.25) is 9.36 Å². The number of fused-ring (bicyclic) bond motifs is 1. The maximum Gasteiger partial charge on any atom is 0.328 e. The summed E-state index contributed by atoms with van der Waals surface area (Å²) in [5.41, 5.74) is 8.57. The number of nitrogens with one attached hydrogen (secondary N) is 1. The predicted octanol–water partition coefficient (Wildman–Crippen LogP) is 3.66. The lowest BCUT2D eigenvalue weighted by Gasteiger charge is -2.15. The van der Waals surface area contributed by atoms with Crippen molar-refractivity contribution in [1.29, 1.82) is 0 Å². The number of anilines is 2. The number of rotatable bonds is 8. The quantitative estimate of drug-likeness (QED) is 0.253. The summed E-state index contributed by atoms with van der Waals surface area (Å²) in [6.45, 7) is 4.01. The number of hydrogen-bond acceptors (Lipinski definition) is 7. The predicted molar refractivity (Wildman–Crippen MR) is 137 cm³/mol. The Morgan fingerprint density at radius 3 is 2.61 bits per heavy atom. The van der Waals surface area contributed by atoms with Crippen molar-refractivity contribution in [3.63, 3.8) is 0 Å². The molecule has 2 aromatic heterocycles. The maximum atomic E-state index is 13.6. The molecule has 184 valence electrons. The van der Waals surface area contributed by atoms with Crippen molar-refractivity contribution in [2.75, 3.05) is 17.6 Å². The third-order valence-corrected chi connectivity index (χ3v) is 5.68. The molecule has 0 unspecified atom stereocenters. The lowest BCUT2D eigenvalue weighted by atomic mass is 10.1. The molecule has 0 aliphatic rings. The van der Waals surface area contributed by atoms with E-state index in [0.717, 1.165) is 11.6 Å². The standard InChI is InChI=1S/C26H25FN6O3/c1-15-5-3-6-20-23(15)25(36)33(18-10-8-17(27)9-11-18)21(31-20)7-4-14-29-24-19(12-13-22(34)35)16(2)30-26(28)32-24/h3,5-6,8-13H,4,7,14H2,1-2H3,(H,34,35)(H3,28,29,30,32). The van der Waals surface area contributed by atoms with Gasteiger partial charge in [0, 0.05) is 24.6 Å². The van der Waals surface area contributed by atoms with Gasteiger partial charge in [-0.1, -0.05) is 12.1 Å². The first-order chi connectivity index (χ1) is 17.2. The van der Waals surface area contributed by atoms with Crippen molar-refractivity contribution in [3.8, 4) is 5.69 Å². The van der Waals surface area contributed by atoms with Gasteiger partial charge in [0.1, 0.15) is 17.5 Å². The van der Waals surface area contributed by atoms with Gasteiger partial charge in [0.15, 0.2) is 0 Å². The van der Waals surface area contributed by atoms with E-state index in [9.17, 15) is 14.0 Å². The molecule has 4 rings (SSSR count). The van der Waals surface area contributed by atoms with Crippen LogP contribution in [0.1, 0.15) is 29.1 Å². The average Bonchev–Trinajstić information content (AvgIpc) is 2.82. The molecule has 0 amide bonds. The molecule has 0 saturated heterocycles. The van der Waals surface area contributed by atoms with Gasteiger partial charge >= 0.3 is 5.97 Å². The zero-order valence-corrected chi connectivity index (χ0v) is 19.8. The number of nitrogen functional groups attached to an aromatic ring is 1. The van der Waals surface area contributed by atoms with Gasteiger partial charge in [0.2, 0.25) is 5.95 Å². The highest BCUT2D eigenvalue weighted by Gasteiger charge is 2.15. The molecule has 4 aromatic rings. The Hall–Kier alpha value is -4.60. The van der Waals surface area contributed by atoms with Gasteiger partial charge in [-0.15, -0.1) is 0 Å². The first-order valence-corrected chi connectivity index (χ1v) is 11.3. The van der Waals surface area contributed by atoms with E-state index in [0.29, 0.717) is 58.9 Å². The van der Waals surface area contributed by atoms with Crippen LogP contribution in [0.5, 0.6) is 0 Å². The van der Waals surface area contributed by atoms with Crippen molar-refractivity contribution in [3.05, 3.63) is 87.4 Å². The van der Waals surface area contributed by atoms with Crippen LogP contribution < -0.4 is 16.6 Å². The minimum Gasteiger partial charge on any atom is -0.478 e. The van der Waals surface area contributed by atoms with Crippen LogP contribution in [0.2, 0.25) is 0 Å². The van der Waals surface area contributed by atoms with Gasteiger partial charge in [-0.2, -0.15) is 4.98 Å². The third-order valence-electron chi connectivity index (χ3n) is 5.68. The highest BCUT2D eigenvalue weighted by atomic mass is 19.1. The molecule has 0 spiro atoms. The van der Waals surface area contributed by atoms with E-state index >= 15 is 0 Å². The summed E-state index contributed by atoms with van der Waals surface area (Å²) in [7, 11) is 0. The topological polar surface area (TPSA) is 136 Å². The lowest BCUT2D eigenvalue weighted by molar-refractivity contribution is -0.131. The zero-order valence-electron chi connectivity index (χ0n) is 19.8. The van der Waals surface area contributed by atoms with Crippen molar-refractivity contribution >= 4 is 34.7 Å². The number of carboxylic acid groups (broad SMARTS) is 1. The van der Waals surface area contributed by atoms with E-state index in [1.165, 1.54) is 22.8 Å². The number of aromatic nitrogens is 4. The number of aliphatic carboxylic acids is 1. The summed E-state index contributed by atoms with van der Waals surface area (Å²) < 4.78 is 15.1. The van der Waals surface area contributed by atoms with Crippen LogP contribution in [0.4, 0.5) is 16.2 Å².